The molecule has 0 aliphatic heterocycles. The van der Waals surface area contributed by atoms with E-state index in [-0.39, 0.29) is 17.6 Å². The van der Waals surface area contributed by atoms with Gasteiger partial charge in [-0.2, -0.15) is 13.2 Å². The van der Waals surface area contributed by atoms with Crippen LogP contribution in [-0.2, 0) is 11.0 Å². The van der Waals surface area contributed by atoms with Crippen molar-refractivity contribution in [1.82, 2.24) is 5.32 Å². The normalized spacial score (nSPS) is 14.5. The summed E-state index contributed by atoms with van der Waals surface area (Å²) in [6.07, 6.45) is -4.22. The van der Waals surface area contributed by atoms with Gasteiger partial charge in [0.1, 0.15) is 0 Å². The Bertz CT molecular complexity index is 492. The van der Waals surface area contributed by atoms with Gasteiger partial charge in [0.2, 0.25) is 5.91 Å². The molecule has 22 heavy (non-hydrogen) atoms. The molecule has 2 unspecified atom stereocenters. The molecule has 1 aromatic carbocycles. The van der Waals surface area contributed by atoms with Gasteiger partial charge in [-0.05, 0) is 37.5 Å². The maximum Gasteiger partial charge on any atom is 0.416 e. The van der Waals surface area contributed by atoms with E-state index >= 15 is 0 Å². The smallest absolute Gasteiger partial charge is 0.393 e. The topological polar surface area (TPSA) is 49.3 Å². The minimum atomic E-state index is -4.38. The Labute approximate surface area is 132 Å². The van der Waals surface area contributed by atoms with E-state index < -0.39 is 17.8 Å². The Morgan fingerprint density at radius 3 is 2.64 bits per heavy atom. The number of aliphatic hydroxyl groups is 1. The van der Waals surface area contributed by atoms with Crippen molar-refractivity contribution in [3.8, 4) is 0 Å². The highest BCUT2D eigenvalue weighted by molar-refractivity contribution is 8.00. The summed E-state index contributed by atoms with van der Waals surface area (Å²) in [6.45, 7) is 4.03. The summed E-state index contributed by atoms with van der Waals surface area (Å²) in [5.41, 5.74) is -0.719. The van der Waals surface area contributed by atoms with Gasteiger partial charge in [-0.15, -0.1) is 11.8 Å². The van der Waals surface area contributed by atoms with E-state index in [0.717, 1.165) is 23.9 Å². The molecular formula is C15H20F3NO2S. The first-order chi connectivity index (χ1) is 10.2. The number of carbonyl (C=O) groups excluding carboxylic acids is 1. The molecule has 0 bridgehead atoms. The molecule has 0 aromatic heterocycles. The number of benzene rings is 1. The first kappa shape index (κ1) is 18.8. The number of hydrogen-bond donors (Lipinski definition) is 2. The van der Waals surface area contributed by atoms with Crippen LogP contribution in [0.5, 0.6) is 0 Å². The van der Waals surface area contributed by atoms with E-state index in [1.807, 2.05) is 6.92 Å². The minimum Gasteiger partial charge on any atom is -0.393 e. The zero-order valence-corrected chi connectivity index (χ0v) is 13.3. The van der Waals surface area contributed by atoms with E-state index in [4.69, 9.17) is 0 Å². The Hall–Kier alpha value is -1.21. The van der Waals surface area contributed by atoms with E-state index in [1.165, 1.54) is 6.07 Å². The Morgan fingerprint density at radius 2 is 2.05 bits per heavy atom. The average molecular weight is 335 g/mol. The molecule has 0 radical (unpaired) electrons. The van der Waals surface area contributed by atoms with Crippen molar-refractivity contribution in [3.63, 3.8) is 0 Å². The molecule has 7 heteroatoms. The van der Waals surface area contributed by atoms with Crippen LogP contribution in [0.25, 0.3) is 0 Å². The van der Waals surface area contributed by atoms with Crippen molar-refractivity contribution in [2.45, 2.75) is 37.4 Å². The summed E-state index contributed by atoms with van der Waals surface area (Å²) in [6, 6.07) is 4.91. The predicted octanol–water partition coefficient (Wildman–Crippen LogP) is 3.32. The molecule has 0 aliphatic rings. The van der Waals surface area contributed by atoms with Crippen LogP contribution in [0, 0.1) is 5.92 Å². The van der Waals surface area contributed by atoms with Crippen LogP contribution < -0.4 is 5.32 Å². The molecule has 0 saturated heterocycles. The van der Waals surface area contributed by atoms with Crippen molar-refractivity contribution in [3.05, 3.63) is 29.8 Å². The van der Waals surface area contributed by atoms with Gasteiger partial charge in [0, 0.05) is 11.4 Å². The fraction of sp³-hybridized carbons (Fsp3) is 0.533. The molecule has 1 amide bonds. The van der Waals surface area contributed by atoms with Crippen molar-refractivity contribution in [2.75, 3.05) is 12.3 Å². The lowest BCUT2D eigenvalue weighted by Gasteiger charge is -2.14. The van der Waals surface area contributed by atoms with Gasteiger partial charge in [-0.25, -0.2) is 0 Å². The lowest BCUT2D eigenvalue weighted by Crippen LogP contribution is -2.30. The first-order valence-electron chi connectivity index (χ1n) is 6.93. The summed E-state index contributed by atoms with van der Waals surface area (Å²) in [5.74, 6) is -0.0368. The standard InChI is InChI=1S/C15H20F3NO2S/c1-10(6-11(2)20)8-19-14(21)9-22-13-5-3-4-12(7-13)15(16,17)18/h3-5,7,10-11,20H,6,8-9H2,1-2H3,(H,19,21). The van der Waals surface area contributed by atoms with Gasteiger partial charge in [0.15, 0.2) is 0 Å². The zero-order chi connectivity index (χ0) is 16.8. The number of halogens is 3. The molecule has 2 N–H and O–H groups in total. The number of nitrogens with one attached hydrogen (secondary N) is 1. The molecule has 1 aromatic rings. The number of aliphatic hydroxyl groups excluding tert-OH is 1. The van der Waals surface area contributed by atoms with Crippen LogP contribution in [0.2, 0.25) is 0 Å². The zero-order valence-electron chi connectivity index (χ0n) is 12.5. The maximum atomic E-state index is 12.6. The van der Waals surface area contributed by atoms with Crippen molar-refractivity contribution < 1.29 is 23.1 Å². The number of carbonyl (C=O) groups is 1. The van der Waals surface area contributed by atoms with Crippen LogP contribution in [0.1, 0.15) is 25.8 Å². The predicted molar refractivity (Wildman–Crippen MR) is 80.6 cm³/mol. The van der Waals surface area contributed by atoms with Crippen LogP contribution in [0.4, 0.5) is 13.2 Å². The molecule has 3 nitrogen and oxygen atoms in total. The highest BCUT2D eigenvalue weighted by Gasteiger charge is 2.30. The molecular weight excluding hydrogens is 315 g/mol. The van der Waals surface area contributed by atoms with Crippen molar-refractivity contribution in [2.24, 2.45) is 5.92 Å². The summed E-state index contributed by atoms with van der Waals surface area (Å²) < 4.78 is 37.7. The highest BCUT2D eigenvalue weighted by Crippen LogP contribution is 2.31. The highest BCUT2D eigenvalue weighted by atomic mass is 32.2. The monoisotopic (exact) mass is 335 g/mol. The second-order valence-corrected chi connectivity index (χ2v) is 6.36. The third kappa shape index (κ3) is 7.17. The molecule has 1 rings (SSSR count). The third-order valence-corrected chi connectivity index (χ3v) is 3.92. The van der Waals surface area contributed by atoms with Crippen molar-refractivity contribution >= 4 is 17.7 Å². The Balaban J connectivity index is 2.41. The van der Waals surface area contributed by atoms with Crippen LogP contribution >= 0.6 is 11.8 Å². The van der Waals surface area contributed by atoms with Crippen LogP contribution in [0.15, 0.2) is 29.2 Å². The number of thioether (sulfide) groups is 1. The van der Waals surface area contributed by atoms with E-state index in [2.05, 4.69) is 5.32 Å². The molecule has 124 valence electrons. The number of amides is 1. The molecule has 2 atom stereocenters. The number of rotatable bonds is 7. The number of alkyl halides is 3. The Morgan fingerprint density at radius 1 is 1.36 bits per heavy atom. The van der Waals surface area contributed by atoms with Crippen LogP contribution in [0.3, 0.4) is 0 Å². The molecule has 0 saturated carbocycles. The lowest BCUT2D eigenvalue weighted by molar-refractivity contribution is -0.137. The molecule has 0 heterocycles. The molecule has 0 fully saturated rings. The van der Waals surface area contributed by atoms with E-state index in [0.29, 0.717) is 17.9 Å². The van der Waals surface area contributed by atoms with Gasteiger partial charge < -0.3 is 10.4 Å². The van der Waals surface area contributed by atoms with E-state index in [1.54, 1.807) is 13.0 Å². The fourth-order valence-electron chi connectivity index (χ4n) is 1.92. The summed E-state index contributed by atoms with van der Waals surface area (Å²) in [5, 5.41) is 11.9. The lowest BCUT2D eigenvalue weighted by atomic mass is 10.1. The van der Waals surface area contributed by atoms with Gasteiger partial charge in [-0.1, -0.05) is 13.0 Å². The van der Waals surface area contributed by atoms with E-state index in [9.17, 15) is 23.1 Å². The van der Waals surface area contributed by atoms with Gasteiger partial charge in [-0.3, -0.25) is 4.79 Å². The summed E-state index contributed by atoms with van der Waals surface area (Å²) >= 11 is 1.06. The Kier molecular flexibility index (Phi) is 7.22. The maximum absolute atomic E-state index is 12.6. The largest absolute Gasteiger partial charge is 0.416 e. The van der Waals surface area contributed by atoms with Gasteiger partial charge >= 0.3 is 6.18 Å². The van der Waals surface area contributed by atoms with Crippen molar-refractivity contribution in [1.29, 1.82) is 0 Å². The number of hydrogen-bond acceptors (Lipinski definition) is 3. The SMILES string of the molecule is CC(O)CC(C)CNC(=O)CSc1cccc(C(F)(F)F)c1. The third-order valence-electron chi connectivity index (χ3n) is 2.92. The molecule has 0 spiro atoms. The van der Waals surface area contributed by atoms with Gasteiger partial charge in [0.25, 0.3) is 0 Å². The second kappa shape index (κ2) is 8.43. The minimum absolute atomic E-state index is 0.0582. The quantitative estimate of drug-likeness (QED) is 0.752. The van der Waals surface area contributed by atoms with Gasteiger partial charge in [0.05, 0.1) is 17.4 Å². The first-order valence-corrected chi connectivity index (χ1v) is 7.92. The molecule has 0 aliphatic carbocycles. The average Bonchev–Trinajstić information content (AvgIpc) is 2.41. The second-order valence-electron chi connectivity index (χ2n) is 5.31. The summed E-state index contributed by atoms with van der Waals surface area (Å²) in [4.78, 5) is 12.1. The fourth-order valence-corrected chi connectivity index (χ4v) is 2.70. The summed E-state index contributed by atoms with van der Waals surface area (Å²) in [7, 11) is 0. The van der Waals surface area contributed by atoms with Crippen LogP contribution in [-0.4, -0.2) is 29.4 Å².